The molecule has 4 heteroatoms. The van der Waals surface area contributed by atoms with Gasteiger partial charge in [0.25, 0.3) is 0 Å². The molecule has 2 atom stereocenters. The lowest BCUT2D eigenvalue weighted by Crippen LogP contribution is -2.26. The van der Waals surface area contributed by atoms with Crippen LogP contribution < -0.4 is 5.32 Å². The zero-order valence-electron chi connectivity index (χ0n) is 13.9. The van der Waals surface area contributed by atoms with E-state index >= 15 is 0 Å². The van der Waals surface area contributed by atoms with Crippen LogP contribution in [0.2, 0.25) is 0 Å². The zero-order valence-corrected chi connectivity index (χ0v) is 13.9. The Hall–Kier alpha value is -0.870. The lowest BCUT2D eigenvalue weighted by Gasteiger charge is -2.21. The summed E-state index contributed by atoms with van der Waals surface area (Å²) in [4.78, 5) is 0. The molecule has 1 N–H and O–H groups in total. The van der Waals surface area contributed by atoms with Crippen LogP contribution in [0.25, 0.3) is 0 Å². The van der Waals surface area contributed by atoms with Crippen molar-refractivity contribution < 1.29 is 4.74 Å². The summed E-state index contributed by atoms with van der Waals surface area (Å²) >= 11 is 0. The molecule has 1 aromatic rings. The van der Waals surface area contributed by atoms with Gasteiger partial charge in [-0.05, 0) is 58.1 Å². The normalized spacial score (nSPS) is 20.0. The molecular formula is C17H31N3O. The Balaban J connectivity index is 2.04. The van der Waals surface area contributed by atoms with Crippen LogP contribution in [0.3, 0.4) is 0 Å². The van der Waals surface area contributed by atoms with Crippen LogP contribution in [0.5, 0.6) is 0 Å². The molecule has 1 saturated heterocycles. The van der Waals surface area contributed by atoms with E-state index in [1.807, 2.05) is 0 Å². The first-order valence-electron chi connectivity index (χ1n) is 8.70. The van der Waals surface area contributed by atoms with Crippen LogP contribution >= 0.6 is 0 Å². The van der Waals surface area contributed by atoms with Crippen molar-refractivity contribution in [1.29, 1.82) is 0 Å². The second-order valence-corrected chi connectivity index (χ2v) is 5.95. The highest BCUT2D eigenvalue weighted by atomic mass is 16.5. The molecular weight excluding hydrogens is 262 g/mol. The standard InChI is InChI=1S/C17H31N3O/c1-4-11-18-16(10-9-15-8-7-12-21-15)17-13-14(5-2)19-20(17)6-3/h13,15-16,18H,4-12H2,1-3H3. The van der Waals surface area contributed by atoms with Gasteiger partial charge in [-0.2, -0.15) is 5.10 Å². The lowest BCUT2D eigenvalue weighted by molar-refractivity contribution is 0.0993. The molecule has 4 nitrogen and oxygen atoms in total. The molecule has 21 heavy (non-hydrogen) atoms. The Morgan fingerprint density at radius 1 is 1.43 bits per heavy atom. The average molecular weight is 293 g/mol. The molecule has 0 aliphatic carbocycles. The van der Waals surface area contributed by atoms with E-state index in [4.69, 9.17) is 9.84 Å². The van der Waals surface area contributed by atoms with Gasteiger partial charge in [0.1, 0.15) is 0 Å². The molecule has 1 aromatic heterocycles. The highest BCUT2D eigenvalue weighted by molar-refractivity contribution is 5.14. The Bertz CT molecular complexity index is 410. The molecule has 1 aliphatic heterocycles. The van der Waals surface area contributed by atoms with Crippen molar-refractivity contribution >= 4 is 0 Å². The highest BCUT2D eigenvalue weighted by Gasteiger charge is 2.21. The highest BCUT2D eigenvalue weighted by Crippen LogP contribution is 2.25. The maximum absolute atomic E-state index is 5.78. The fourth-order valence-electron chi connectivity index (χ4n) is 3.09. The summed E-state index contributed by atoms with van der Waals surface area (Å²) in [7, 11) is 0. The van der Waals surface area contributed by atoms with E-state index in [1.54, 1.807) is 0 Å². The third kappa shape index (κ3) is 4.55. The number of nitrogens with one attached hydrogen (secondary N) is 1. The molecule has 2 rings (SSSR count). The number of aryl methyl sites for hydroxylation is 2. The van der Waals surface area contributed by atoms with Gasteiger partial charge in [0.15, 0.2) is 0 Å². The second kappa shape index (κ2) is 8.54. The summed E-state index contributed by atoms with van der Waals surface area (Å²) in [5, 5.41) is 8.41. The van der Waals surface area contributed by atoms with Crippen LogP contribution in [-0.4, -0.2) is 29.0 Å². The average Bonchev–Trinajstić information content (AvgIpc) is 3.16. The van der Waals surface area contributed by atoms with Crippen molar-refractivity contribution in [3.63, 3.8) is 0 Å². The first-order chi connectivity index (χ1) is 10.3. The van der Waals surface area contributed by atoms with E-state index in [2.05, 4.69) is 36.8 Å². The second-order valence-electron chi connectivity index (χ2n) is 5.95. The van der Waals surface area contributed by atoms with Crippen molar-refractivity contribution in [3.05, 3.63) is 17.5 Å². The van der Waals surface area contributed by atoms with Crippen LogP contribution in [0.15, 0.2) is 6.07 Å². The van der Waals surface area contributed by atoms with E-state index in [0.29, 0.717) is 12.1 Å². The van der Waals surface area contributed by atoms with Crippen LogP contribution in [0.4, 0.5) is 0 Å². The first-order valence-corrected chi connectivity index (χ1v) is 8.70. The summed E-state index contributed by atoms with van der Waals surface area (Å²) in [6.45, 7) is 9.52. The van der Waals surface area contributed by atoms with E-state index < -0.39 is 0 Å². The number of hydrogen-bond acceptors (Lipinski definition) is 3. The fraction of sp³-hybridized carbons (Fsp3) is 0.824. The predicted molar refractivity (Wildman–Crippen MR) is 86.5 cm³/mol. The quantitative estimate of drug-likeness (QED) is 0.758. The molecule has 0 saturated carbocycles. The SMILES string of the molecule is CCCNC(CCC1CCCO1)c1cc(CC)nn1CC. The largest absolute Gasteiger partial charge is 0.378 e. The van der Waals surface area contributed by atoms with Gasteiger partial charge in [-0.3, -0.25) is 4.68 Å². The number of nitrogens with zero attached hydrogens (tertiary/aromatic N) is 2. The van der Waals surface area contributed by atoms with Gasteiger partial charge in [0.05, 0.1) is 17.5 Å². The van der Waals surface area contributed by atoms with E-state index in [0.717, 1.165) is 45.4 Å². The van der Waals surface area contributed by atoms with Crippen molar-refractivity contribution in [3.8, 4) is 0 Å². The number of ether oxygens (including phenoxy) is 1. The summed E-state index contributed by atoms with van der Waals surface area (Å²) in [5.41, 5.74) is 2.55. The molecule has 2 unspecified atom stereocenters. The third-order valence-electron chi connectivity index (χ3n) is 4.32. The minimum atomic E-state index is 0.405. The summed E-state index contributed by atoms with van der Waals surface area (Å²) in [6, 6.07) is 2.69. The van der Waals surface area contributed by atoms with Crippen LogP contribution in [0, 0.1) is 0 Å². The van der Waals surface area contributed by atoms with Crippen LogP contribution in [0.1, 0.15) is 70.3 Å². The monoisotopic (exact) mass is 293 g/mol. The van der Waals surface area contributed by atoms with Crippen molar-refractivity contribution in [2.45, 2.75) is 78.0 Å². The Labute approximate surface area is 129 Å². The van der Waals surface area contributed by atoms with Gasteiger partial charge in [0.2, 0.25) is 0 Å². The maximum Gasteiger partial charge on any atom is 0.0625 e. The van der Waals surface area contributed by atoms with Gasteiger partial charge >= 0.3 is 0 Å². The Kier molecular flexibility index (Phi) is 6.71. The molecule has 0 aromatic carbocycles. The van der Waals surface area contributed by atoms with Gasteiger partial charge in [-0.25, -0.2) is 0 Å². The molecule has 0 amide bonds. The van der Waals surface area contributed by atoms with E-state index in [1.165, 1.54) is 24.2 Å². The van der Waals surface area contributed by atoms with Crippen LogP contribution in [-0.2, 0) is 17.7 Å². The Morgan fingerprint density at radius 3 is 2.90 bits per heavy atom. The summed E-state index contributed by atoms with van der Waals surface area (Å²) < 4.78 is 7.94. The third-order valence-corrected chi connectivity index (χ3v) is 4.32. The van der Waals surface area contributed by atoms with Crippen molar-refractivity contribution in [2.24, 2.45) is 0 Å². The molecule has 1 aliphatic rings. The molecule has 1 fully saturated rings. The number of rotatable bonds is 9. The predicted octanol–water partition coefficient (Wildman–Crippen LogP) is 3.47. The van der Waals surface area contributed by atoms with Gasteiger partial charge in [-0.1, -0.05) is 13.8 Å². The Morgan fingerprint density at radius 2 is 2.29 bits per heavy atom. The van der Waals surface area contributed by atoms with Gasteiger partial charge in [0, 0.05) is 19.2 Å². The number of aromatic nitrogens is 2. The van der Waals surface area contributed by atoms with E-state index in [-0.39, 0.29) is 0 Å². The zero-order chi connectivity index (χ0) is 15.1. The topological polar surface area (TPSA) is 39.1 Å². The molecule has 0 bridgehead atoms. The summed E-state index contributed by atoms with van der Waals surface area (Å²) in [6.07, 6.45) is 7.39. The van der Waals surface area contributed by atoms with Gasteiger partial charge < -0.3 is 10.1 Å². The smallest absolute Gasteiger partial charge is 0.0625 e. The molecule has 2 heterocycles. The first kappa shape index (κ1) is 16.5. The maximum atomic E-state index is 5.78. The van der Waals surface area contributed by atoms with Crippen molar-refractivity contribution in [2.75, 3.05) is 13.2 Å². The van der Waals surface area contributed by atoms with Crippen molar-refractivity contribution in [1.82, 2.24) is 15.1 Å². The molecule has 0 spiro atoms. The lowest BCUT2D eigenvalue weighted by atomic mass is 10.0. The molecule has 0 radical (unpaired) electrons. The van der Waals surface area contributed by atoms with E-state index in [9.17, 15) is 0 Å². The minimum Gasteiger partial charge on any atom is -0.378 e. The number of hydrogen-bond donors (Lipinski definition) is 1. The minimum absolute atomic E-state index is 0.405. The fourth-order valence-corrected chi connectivity index (χ4v) is 3.09. The van der Waals surface area contributed by atoms with Gasteiger partial charge in [-0.15, -0.1) is 0 Å². The summed E-state index contributed by atoms with van der Waals surface area (Å²) in [5.74, 6) is 0. The molecule has 120 valence electrons.